The molecular weight excluding hydrogens is 344 g/mol. The van der Waals surface area contributed by atoms with E-state index < -0.39 is 22.9 Å². The van der Waals surface area contributed by atoms with Crippen LogP contribution in [0.5, 0.6) is 0 Å². The SMILES string of the molecule is C[C@H](OC(=O)c1ccc(Cl)s1)C(=O)Nc1ccccc1[N+](=O)[O-]. The van der Waals surface area contributed by atoms with Gasteiger partial charge in [0.15, 0.2) is 6.10 Å². The second-order valence-corrected chi connectivity index (χ2v) is 6.13. The fourth-order valence-corrected chi connectivity index (χ4v) is 2.60. The lowest BCUT2D eigenvalue weighted by atomic mass is 10.2. The van der Waals surface area contributed by atoms with E-state index in [0.29, 0.717) is 4.34 Å². The van der Waals surface area contributed by atoms with Gasteiger partial charge in [0.2, 0.25) is 0 Å². The van der Waals surface area contributed by atoms with E-state index in [1.165, 1.54) is 31.2 Å². The van der Waals surface area contributed by atoms with E-state index in [1.807, 2.05) is 0 Å². The number of esters is 1. The summed E-state index contributed by atoms with van der Waals surface area (Å²) in [7, 11) is 0. The molecule has 1 amide bonds. The molecule has 0 saturated heterocycles. The number of nitrogens with one attached hydrogen (secondary N) is 1. The fraction of sp³-hybridized carbons (Fsp3) is 0.143. The van der Waals surface area contributed by atoms with Gasteiger partial charge in [0.25, 0.3) is 11.6 Å². The molecule has 2 aromatic rings. The summed E-state index contributed by atoms with van der Waals surface area (Å²) in [6, 6.07) is 8.72. The van der Waals surface area contributed by atoms with Crippen LogP contribution in [0.1, 0.15) is 16.6 Å². The lowest BCUT2D eigenvalue weighted by Gasteiger charge is -2.13. The first-order valence-electron chi connectivity index (χ1n) is 6.39. The molecule has 0 saturated carbocycles. The fourth-order valence-electron chi connectivity index (χ4n) is 1.67. The molecule has 0 unspecified atom stereocenters. The maximum atomic E-state index is 12.0. The molecule has 0 spiro atoms. The third kappa shape index (κ3) is 4.27. The average Bonchev–Trinajstić information content (AvgIpc) is 2.94. The number of nitrogens with zero attached hydrogens (tertiary/aromatic N) is 1. The van der Waals surface area contributed by atoms with Crippen molar-refractivity contribution in [3.63, 3.8) is 0 Å². The van der Waals surface area contributed by atoms with Gasteiger partial charge in [-0.25, -0.2) is 4.79 Å². The van der Waals surface area contributed by atoms with Gasteiger partial charge in [-0.3, -0.25) is 14.9 Å². The summed E-state index contributed by atoms with van der Waals surface area (Å²) >= 11 is 6.76. The first-order chi connectivity index (χ1) is 10.9. The monoisotopic (exact) mass is 354 g/mol. The zero-order valence-corrected chi connectivity index (χ0v) is 13.4. The van der Waals surface area contributed by atoms with Crippen LogP contribution in [0.3, 0.4) is 0 Å². The van der Waals surface area contributed by atoms with Gasteiger partial charge in [-0.2, -0.15) is 0 Å². The number of carbonyl (C=O) groups is 2. The van der Waals surface area contributed by atoms with Crippen LogP contribution in [0.15, 0.2) is 36.4 Å². The number of rotatable bonds is 5. The minimum atomic E-state index is -1.12. The number of para-hydroxylation sites is 2. The maximum absolute atomic E-state index is 12.0. The normalized spacial score (nSPS) is 11.6. The van der Waals surface area contributed by atoms with Crippen molar-refractivity contribution in [2.45, 2.75) is 13.0 Å². The molecule has 7 nitrogen and oxygen atoms in total. The molecule has 0 radical (unpaired) electrons. The molecule has 1 N–H and O–H groups in total. The molecule has 23 heavy (non-hydrogen) atoms. The van der Waals surface area contributed by atoms with Crippen molar-refractivity contribution in [1.82, 2.24) is 0 Å². The van der Waals surface area contributed by atoms with Crippen molar-refractivity contribution >= 4 is 46.2 Å². The highest BCUT2D eigenvalue weighted by atomic mass is 35.5. The van der Waals surface area contributed by atoms with Crippen molar-refractivity contribution in [2.24, 2.45) is 0 Å². The van der Waals surface area contributed by atoms with Crippen LogP contribution in [0.4, 0.5) is 11.4 Å². The smallest absolute Gasteiger partial charge is 0.349 e. The van der Waals surface area contributed by atoms with E-state index in [4.69, 9.17) is 16.3 Å². The topological polar surface area (TPSA) is 98.5 Å². The molecule has 9 heteroatoms. The number of halogens is 1. The Balaban J connectivity index is 2.03. The number of benzene rings is 1. The summed E-state index contributed by atoms with van der Waals surface area (Å²) in [4.78, 5) is 34.4. The molecule has 0 aliphatic carbocycles. The molecule has 0 aliphatic heterocycles. The highest BCUT2D eigenvalue weighted by Crippen LogP contribution is 2.24. The van der Waals surface area contributed by atoms with Crippen LogP contribution < -0.4 is 5.32 Å². The van der Waals surface area contributed by atoms with Gasteiger partial charge in [0, 0.05) is 6.07 Å². The van der Waals surface area contributed by atoms with Crippen LogP contribution >= 0.6 is 22.9 Å². The number of carbonyl (C=O) groups excluding carboxylic acids is 2. The van der Waals surface area contributed by atoms with E-state index in [2.05, 4.69) is 5.32 Å². The third-order valence-electron chi connectivity index (χ3n) is 2.79. The van der Waals surface area contributed by atoms with Gasteiger partial charge in [0.05, 0.1) is 9.26 Å². The molecular formula is C14H11ClN2O5S. The number of nitro benzene ring substituents is 1. The standard InChI is InChI=1S/C14H11ClN2O5S/c1-8(22-14(19)11-6-7-12(15)23-11)13(18)16-9-4-2-3-5-10(9)17(20)21/h2-8H,1H3,(H,16,18)/t8-/m0/s1. The summed E-state index contributed by atoms with van der Waals surface area (Å²) in [5.74, 6) is -1.36. The Labute approximate surface area is 140 Å². The second kappa shape index (κ2) is 7.21. The molecule has 0 bridgehead atoms. The number of amides is 1. The summed E-state index contributed by atoms with van der Waals surface area (Å²) < 4.78 is 5.44. The van der Waals surface area contributed by atoms with Crippen LogP contribution in [0.2, 0.25) is 4.34 Å². The lowest BCUT2D eigenvalue weighted by Crippen LogP contribution is -2.30. The Morgan fingerprint density at radius 2 is 2.00 bits per heavy atom. The maximum Gasteiger partial charge on any atom is 0.349 e. The van der Waals surface area contributed by atoms with Gasteiger partial charge >= 0.3 is 5.97 Å². The van der Waals surface area contributed by atoms with Gasteiger partial charge in [-0.05, 0) is 25.1 Å². The van der Waals surface area contributed by atoms with E-state index in [9.17, 15) is 19.7 Å². The van der Waals surface area contributed by atoms with E-state index >= 15 is 0 Å². The van der Waals surface area contributed by atoms with Crippen molar-refractivity contribution < 1.29 is 19.2 Å². The molecule has 120 valence electrons. The average molecular weight is 355 g/mol. The van der Waals surface area contributed by atoms with Crippen LogP contribution in [0.25, 0.3) is 0 Å². The van der Waals surface area contributed by atoms with E-state index in [1.54, 1.807) is 12.1 Å². The summed E-state index contributed by atoms with van der Waals surface area (Å²) in [6.07, 6.45) is -1.12. The van der Waals surface area contributed by atoms with Crippen molar-refractivity contribution in [3.8, 4) is 0 Å². The minimum absolute atomic E-state index is 0.0320. The van der Waals surface area contributed by atoms with E-state index in [-0.39, 0.29) is 16.3 Å². The van der Waals surface area contributed by atoms with Crippen LogP contribution in [0, 0.1) is 10.1 Å². The Hall–Kier alpha value is -2.45. The van der Waals surface area contributed by atoms with Gasteiger partial charge < -0.3 is 10.1 Å². The number of thiophene rings is 1. The van der Waals surface area contributed by atoms with Crippen LogP contribution in [-0.4, -0.2) is 22.9 Å². The first kappa shape index (κ1) is 16.9. The number of nitro groups is 1. The molecule has 0 aliphatic rings. The zero-order valence-electron chi connectivity index (χ0n) is 11.8. The molecule has 1 aromatic carbocycles. The van der Waals surface area contributed by atoms with Gasteiger partial charge in [0.1, 0.15) is 10.6 Å². The molecule has 1 atom stereocenters. The largest absolute Gasteiger partial charge is 0.448 e. The predicted octanol–water partition coefficient (Wildman–Crippen LogP) is 3.49. The van der Waals surface area contributed by atoms with Gasteiger partial charge in [-0.1, -0.05) is 23.7 Å². The Morgan fingerprint density at radius 1 is 1.30 bits per heavy atom. The number of ether oxygens (including phenoxy) is 1. The Kier molecular flexibility index (Phi) is 5.30. The van der Waals surface area contributed by atoms with Crippen molar-refractivity contribution in [1.29, 1.82) is 0 Å². The van der Waals surface area contributed by atoms with Crippen molar-refractivity contribution in [3.05, 3.63) is 55.7 Å². The number of hydrogen-bond acceptors (Lipinski definition) is 6. The highest BCUT2D eigenvalue weighted by Gasteiger charge is 2.22. The first-order valence-corrected chi connectivity index (χ1v) is 7.58. The molecule has 1 aromatic heterocycles. The number of anilines is 1. The summed E-state index contributed by atoms with van der Waals surface area (Å²) in [6.45, 7) is 1.37. The summed E-state index contributed by atoms with van der Waals surface area (Å²) in [5.41, 5.74) is -0.214. The molecule has 1 heterocycles. The van der Waals surface area contributed by atoms with Gasteiger partial charge in [-0.15, -0.1) is 11.3 Å². The van der Waals surface area contributed by atoms with Crippen molar-refractivity contribution in [2.75, 3.05) is 5.32 Å². The van der Waals surface area contributed by atoms with Crippen LogP contribution in [-0.2, 0) is 9.53 Å². The second-order valence-electron chi connectivity index (χ2n) is 4.41. The zero-order chi connectivity index (χ0) is 17.0. The third-order valence-corrected chi connectivity index (χ3v) is 4.00. The lowest BCUT2D eigenvalue weighted by molar-refractivity contribution is -0.383. The number of hydrogen-bond donors (Lipinski definition) is 1. The highest BCUT2D eigenvalue weighted by molar-refractivity contribution is 7.17. The van der Waals surface area contributed by atoms with E-state index in [0.717, 1.165) is 11.3 Å². The molecule has 0 fully saturated rings. The summed E-state index contributed by atoms with van der Waals surface area (Å²) in [5, 5.41) is 13.3. The molecule has 2 rings (SSSR count). The quantitative estimate of drug-likeness (QED) is 0.503. The Morgan fingerprint density at radius 3 is 2.61 bits per heavy atom. The minimum Gasteiger partial charge on any atom is -0.448 e. The predicted molar refractivity (Wildman–Crippen MR) is 85.9 cm³/mol. The Bertz CT molecular complexity index is 761.